The van der Waals surface area contributed by atoms with Gasteiger partial charge in [-0.3, -0.25) is 0 Å². The average Bonchev–Trinajstić information content (AvgIpc) is 2.80. The Balaban J connectivity index is 2.50. The number of carbonyl (C=O) groups is 1. The van der Waals surface area contributed by atoms with Crippen LogP contribution in [-0.2, 0) is 4.74 Å². The van der Waals surface area contributed by atoms with Gasteiger partial charge in [-0.05, 0) is 6.07 Å². The number of oxazole rings is 1. The normalized spacial score (nSPS) is 10.3. The first kappa shape index (κ1) is 11.9. The van der Waals surface area contributed by atoms with E-state index in [-0.39, 0.29) is 21.6 Å². The van der Waals surface area contributed by atoms with Gasteiger partial charge in [0.05, 0.1) is 12.1 Å². The quantitative estimate of drug-likeness (QED) is 0.621. The summed E-state index contributed by atoms with van der Waals surface area (Å²) in [6, 6.07) is 1.53. The Hall–Kier alpha value is -1.59. The molecule has 0 unspecified atom stereocenters. The highest BCUT2D eigenvalue weighted by molar-refractivity contribution is 6.41. The van der Waals surface area contributed by atoms with E-state index in [1.165, 1.54) is 19.4 Å². The van der Waals surface area contributed by atoms with Gasteiger partial charge in [-0.15, -0.1) is 0 Å². The van der Waals surface area contributed by atoms with E-state index in [1.807, 2.05) is 0 Å². The molecule has 0 aliphatic rings. The average molecular weight is 273 g/mol. The number of halogens is 2. The molecule has 2 heterocycles. The molecule has 0 fully saturated rings. The number of aromatic nitrogens is 2. The molecule has 2 aromatic rings. The predicted molar refractivity (Wildman–Crippen MR) is 61.1 cm³/mol. The van der Waals surface area contributed by atoms with Crippen molar-refractivity contribution in [2.24, 2.45) is 0 Å². The second kappa shape index (κ2) is 4.73. The van der Waals surface area contributed by atoms with Crippen molar-refractivity contribution in [1.29, 1.82) is 0 Å². The zero-order chi connectivity index (χ0) is 12.4. The number of nitrogens with zero attached hydrogens (tertiary/aromatic N) is 2. The molecule has 0 aliphatic carbocycles. The lowest BCUT2D eigenvalue weighted by Crippen LogP contribution is -2.03. The second-order valence-electron chi connectivity index (χ2n) is 3.02. The molecule has 0 atom stereocenters. The smallest absolute Gasteiger partial charge is 0.360 e. The first-order valence-electron chi connectivity index (χ1n) is 4.46. The largest absolute Gasteiger partial charge is 0.464 e. The maximum Gasteiger partial charge on any atom is 0.360 e. The minimum absolute atomic E-state index is 0.0627. The molecule has 2 aromatic heterocycles. The lowest BCUT2D eigenvalue weighted by atomic mass is 10.2. The minimum atomic E-state index is -0.597. The molecule has 5 nitrogen and oxygen atoms in total. The second-order valence-corrected chi connectivity index (χ2v) is 3.78. The van der Waals surface area contributed by atoms with Crippen molar-refractivity contribution >= 4 is 29.2 Å². The molecule has 7 heteroatoms. The Kier molecular flexibility index (Phi) is 3.31. The van der Waals surface area contributed by atoms with Crippen molar-refractivity contribution in [1.82, 2.24) is 9.97 Å². The number of hydrogen-bond acceptors (Lipinski definition) is 5. The number of esters is 1. The van der Waals surface area contributed by atoms with Crippen LogP contribution in [0.4, 0.5) is 0 Å². The van der Waals surface area contributed by atoms with Crippen LogP contribution in [0.25, 0.3) is 11.3 Å². The summed E-state index contributed by atoms with van der Waals surface area (Å²) in [7, 11) is 1.26. The summed E-state index contributed by atoms with van der Waals surface area (Å²) in [6.07, 6.45) is 2.57. The van der Waals surface area contributed by atoms with E-state index < -0.39 is 5.97 Å². The summed E-state index contributed by atoms with van der Waals surface area (Å²) in [5.41, 5.74) is 0.560. The third kappa shape index (κ3) is 2.25. The highest BCUT2D eigenvalue weighted by Crippen LogP contribution is 2.28. The van der Waals surface area contributed by atoms with Gasteiger partial charge < -0.3 is 9.15 Å². The summed E-state index contributed by atoms with van der Waals surface area (Å²) >= 11 is 11.5. The fraction of sp³-hybridized carbons (Fsp3) is 0.100. The van der Waals surface area contributed by atoms with E-state index >= 15 is 0 Å². The van der Waals surface area contributed by atoms with Crippen LogP contribution < -0.4 is 0 Å². The summed E-state index contributed by atoms with van der Waals surface area (Å²) in [5, 5.41) is 0.436. The topological polar surface area (TPSA) is 65.2 Å². The first-order valence-corrected chi connectivity index (χ1v) is 5.22. The maximum atomic E-state index is 11.4. The third-order valence-corrected chi connectivity index (χ3v) is 2.69. The molecule has 0 saturated heterocycles. The Morgan fingerprint density at radius 1 is 1.41 bits per heavy atom. The highest BCUT2D eigenvalue weighted by atomic mass is 35.5. The number of carbonyl (C=O) groups excluding carboxylic acids is 1. The van der Waals surface area contributed by atoms with Gasteiger partial charge in [0.1, 0.15) is 5.15 Å². The van der Waals surface area contributed by atoms with Crippen LogP contribution in [0.3, 0.4) is 0 Å². The van der Waals surface area contributed by atoms with Gasteiger partial charge in [0.25, 0.3) is 0 Å². The van der Waals surface area contributed by atoms with E-state index in [0.29, 0.717) is 5.56 Å². The monoisotopic (exact) mass is 272 g/mol. The molecular formula is C10H6Cl2N2O3. The molecule has 0 N–H and O–H groups in total. The zero-order valence-electron chi connectivity index (χ0n) is 8.61. The Bertz CT molecular complexity index is 568. The fourth-order valence-corrected chi connectivity index (χ4v) is 1.51. The Morgan fingerprint density at radius 3 is 2.82 bits per heavy atom. The molecule has 88 valence electrons. The van der Waals surface area contributed by atoms with Crippen molar-refractivity contribution in [3.8, 4) is 11.3 Å². The van der Waals surface area contributed by atoms with Crippen LogP contribution in [0.15, 0.2) is 23.1 Å². The van der Waals surface area contributed by atoms with Crippen LogP contribution >= 0.6 is 23.2 Å². The van der Waals surface area contributed by atoms with E-state index in [0.717, 1.165) is 6.39 Å². The third-order valence-electron chi connectivity index (χ3n) is 2.00. The number of hydrogen-bond donors (Lipinski definition) is 0. The van der Waals surface area contributed by atoms with Crippen molar-refractivity contribution < 1.29 is 13.9 Å². The molecule has 17 heavy (non-hydrogen) atoms. The summed E-state index contributed by atoms with van der Waals surface area (Å²) < 4.78 is 9.68. The van der Waals surface area contributed by atoms with E-state index in [1.54, 1.807) is 0 Å². The zero-order valence-corrected chi connectivity index (χ0v) is 10.1. The maximum absolute atomic E-state index is 11.4. The highest BCUT2D eigenvalue weighted by Gasteiger charge is 2.19. The van der Waals surface area contributed by atoms with Crippen molar-refractivity contribution in [2.45, 2.75) is 0 Å². The molecule has 0 saturated carbocycles. The number of ether oxygens (including phenoxy) is 1. The Morgan fingerprint density at radius 2 is 2.18 bits per heavy atom. The SMILES string of the molecule is COC(=O)c1ncoc1-c1cnc(Cl)c(Cl)c1. The van der Waals surface area contributed by atoms with E-state index in [4.69, 9.17) is 27.6 Å². The number of methoxy groups -OCH3 is 1. The molecule has 0 spiro atoms. The summed E-state index contributed by atoms with van der Waals surface area (Å²) in [4.78, 5) is 19.0. The molecule has 0 radical (unpaired) electrons. The standard InChI is InChI=1S/C10H6Cl2N2O3/c1-16-10(15)7-8(17-4-14-7)5-2-6(11)9(12)13-3-5/h2-4H,1H3. The van der Waals surface area contributed by atoms with Gasteiger partial charge in [-0.1, -0.05) is 23.2 Å². The van der Waals surface area contributed by atoms with E-state index in [9.17, 15) is 4.79 Å². The molecule has 2 rings (SSSR count). The van der Waals surface area contributed by atoms with Gasteiger partial charge in [0.2, 0.25) is 0 Å². The van der Waals surface area contributed by atoms with Crippen LogP contribution in [-0.4, -0.2) is 23.0 Å². The molecule has 0 amide bonds. The molecular weight excluding hydrogens is 267 g/mol. The lowest BCUT2D eigenvalue weighted by molar-refractivity contribution is 0.0595. The van der Waals surface area contributed by atoms with E-state index in [2.05, 4.69) is 14.7 Å². The predicted octanol–water partition coefficient (Wildman–Crippen LogP) is 2.83. The lowest BCUT2D eigenvalue weighted by Gasteiger charge is -2.01. The van der Waals surface area contributed by atoms with Crippen LogP contribution in [0, 0.1) is 0 Å². The van der Waals surface area contributed by atoms with Crippen LogP contribution in [0.5, 0.6) is 0 Å². The molecule has 0 bridgehead atoms. The van der Waals surface area contributed by atoms with Crippen molar-refractivity contribution in [3.63, 3.8) is 0 Å². The fourth-order valence-electron chi connectivity index (χ4n) is 1.24. The number of rotatable bonds is 2. The van der Waals surface area contributed by atoms with Gasteiger partial charge in [-0.25, -0.2) is 14.8 Å². The van der Waals surface area contributed by atoms with Gasteiger partial charge in [0.15, 0.2) is 17.8 Å². The summed E-state index contributed by atoms with van der Waals surface area (Å²) in [5.74, 6) is -0.359. The number of pyridine rings is 1. The van der Waals surface area contributed by atoms with Crippen molar-refractivity contribution in [2.75, 3.05) is 7.11 Å². The van der Waals surface area contributed by atoms with Crippen molar-refractivity contribution in [3.05, 3.63) is 34.5 Å². The van der Waals surface area contributed by atoms with Crippen LogP contribution in [0.1, 0.15) is 10.5 Å². The van der Waals surface area contributed by atoms with Gasteiger partial charge >= 0.3 is 5.97 Å². The first-order chi connectivity index (χ1) is 8.13. The molecule has 0 aromatic carbocycles. The van der Waals surface area contributed by atoms with Gasteiger partial charge in [-0.2, -0.15) is 0 Å². The summed E-state index contributed by atoms with van der Waals surface area (Å²) in [6.45, 7) is 0. The Labute approximate surface area is 106 Å². The molecule has 0 aliphatic heterocycles. The minimum Gasteiger partial charge on any atom is -0.464 e. The van der Waals surface area contributed by atoms with Gasteiger partial charge in [0, 0.05) is 11.8 Å². The van der Waals surface area contributed by atoms with Crippen LogP contribution in [0.2, 0.25) is 10.2 Å².